The van der Waals surface area contributed by atoms with E-state index >= 15 is 0 Å². The first kappa shape index (κ1) is 15.7. The highest BCUT2D eigenvalue weighted by molar-refractivity contribution is 5.75. The van der Waals surface area contributed by atoms with E-state index in [0.717, 1.165) is 11.1 Å². The number of hydrogen-bond donors (Lipinski definition) is 2. The van der Waals surface area contributed by atoms with Gasteiger partial charge in [-0.05, 0) is 50.4 Å². The van der Waals surface area contributed by atoms with Gasteiger partial charge in [-0.3, -0.25) is 4.79 Å². The van der Waals surface area contributed by atoms with Gasteiger partial charge in [0.15, 0.2) is 0 Å². The molecule has 1 rings (SSSR count). The van der Waals surface area contributed by atoms with Crippen LogP contribution in [0.5, 0.6) is 0 Å². The molecule has 1 aromatic rings. The summed E-state index contributed by atoms with van der Waals surface area (Å²) < 4.78 is 0. The molecule has 0 radical (unpaired) electrons. The SMILES string of the molecule is CNC(c1cc(C(C)C)ccc1C)C(C)(C)C(=O)O. The van der Waals surface area contributed by atoms with Crippen molar-refractivity contribution < 1.29 is 9.90 Å². The van der Waals surface area contributed by atoms with Crippen molar-refractivity contribution in [2.24, 2.45) is 5.41 Å². The number of aryl methyl sites for hydroxylation is 1. The zero-order valence-electron chi connectivity index (χ0n) is 12.7. The first-order valence-corrected chi connectivity index (χ1v) is 6.73. The molecular weight excluding hydrogens is 238 g/mol. The van der Waals surface area contributed by atoms with E-state index in [4.69, 9.17) is 0 Å². The van der Waals surface area contributed by atoms with Crippen molar-refractivity contribution >= 4 is 5.97 Å². The van der Waals surface area contributed by atoms with Crippen LogP contribution >= 0.6 is 0 Å². The van der Waals surface area contributed by atoms with Crippen molar-refractivity contribution in [3.8, 4) is 0 Å². The summed E-state index contributed by atoms with van der Waals surface area (Å²) in [7, 11) is 1.82. The summed E-state index contributed by atoms with van der Waals surface area (Å²) in [5.74, 6) is -0.356. The van der Waals surface area contributed by atoms with Crippen molar-refractivity contribution in [3.05, 3.63) is 34.9 Å². The molecule has 1 unspecified atom stereocenters. The highest BCUT2D eigenvalue weighted by atomic mass is 16.4. The minimum atomic E-state index is -0.852. The van der Waals surface area contributed by atoms with Crippen molar-refractivity contribution in [3.63, 3.8) is 0 Å². The van der Waals surface area contributed by atoms with Crippen LogP contribution in [-0.4, -0.2) is 18.1 Å². The lowest BCUT2D eigenvalue weighted by Gasteiger charge is -2.32. The van der Waals surface area contributed by atoms with E-state index in [1.54, 1.807) is 13.8 Å². The maximum absolute atomic E-state index is 11.5. The molecule has 2 N–H and O–H groups in total. The lowest BCUT2D eigenvalue weighted by atomic mass is 9.78. The fraction of sp³-hybridized carbons (Fsp3) is 0.562. The number of carboxylic acid groups (broad SMARTS) is 1. The summed E-state index contributed by atoms with van der Waals surface area (Å²) in [6, 6.07) is 6.12. The predicted molar refractivity (Wildman–Crippen MR) is 78.5 cm³/mol. The normalized spacial score (nSPS) is 13.6. The second-order valence-corrected chi connectivity index (χ2v) is 6.02. The van der Waals surface area contributed by atoms with Crippen LogP contribution in [0.4, 0.5) is 0 Å². The van der Waals surface area contributed by atoms with Gasteiger partial charge in [0.2, 0.25) is 0 Å². The third-order valence-corrected chi connectivity index (χ3v) is 3.84. The molecule has 1 aromatic carbocycles. The molecule has 3 heteroatoms. The number of carbonyl (C=O) groups is 1. The van der Waals surface area contributed by atoms with Crippen LogP contribution in [0.15, 0.2) is 18.2 Å². The monoisotopic (exact) mass is 263 g/mol. The van der Waals surface area contributed by atoms with E-state index in [-0.39, 0.29) is 6.04 Å². The van der Waals surface area contributed by atoms with Gasteiger partial charge in [-0.2, -0.15) is 0 Å². The zero-order valence-corrected chi connectivity index (χ0v) is 12.7. The number of benzene rings is 1. The van der Waals surface area contributed by atoms with Crippen LogP contribution in [0.2, 0.25) is 0 Å². The van der Waals surface area contributed by atoms with E-state index in [1.807, 2.05) is 14.0 Å². The minimum Gasteiger partial charge on any atom is -0.481 e. The molecule has 0 saturated carbocycles. The smallest absolute Gasteiger partial charge is 0.311 e. The minimum absolute atomic E-state index is 0.205. The van der Waals surface area contributed by atoms with Crippen LogP contribution in [-0.2, 0) is 4.79 Å². The van der Waals surface area contributed by atoms with Crippen molar-refractivity contribution in [1.29, 1.82) is 0 Å². The summed E-state index contributed by atoms with van der Waals surface area (Å²) in [6.07, 6.45) is 0. The highest BCUT2D eigenvalue weighted by Gasteiger charge is 2.37. The van der Waals surface area contributed by atoms with Crippen molar-refractivity contribution in [1.82, 2.24) is 5.32 Å². The molecule has 3 nitrogen and oxygen atoms in total. The van der Waals surface area contributed by atoms with Crippen molar-refractivity contribution in [2.75, 3.05) is 7.05 Å². The zero-order chi connectivity index (χ0) is 14.8. The number of carboxylic acids is 1. The van der Waals surface area contributed by atoms with Crippen LogP contribution in [0, 0.1) is 12.3 Å². The highest BCUT2D eigenvalue weighted by Crippen LogP contribution is 2.36. The number of aliphatic carboxylic acids is 1. The van der Waals surface area contributed by atoms with Gasteiger partial charge in [-0.1, -0.05) is 32.0 Å². The summed E-state index contributed by atoms with van der Waals surface area (Å²) in [5, 5.41) is 12.6. The number of rotatable bonds is 5. The predicted octanol–water partition coefficient (Wildman–Crippen LogP) is 3.49. The molecular formula is C16H25NO2. The third kappa shape index (κ3) is 3.16. The maximum Gasteiger partial charge on any atom is 0.311 e. The van der Waals surface area contributed by atoms with Crippen LogP contribution < -0.4 is 5.32 Å². The fourth-order valence-electron chi connectivity index (χ4n) is 2.36. The quantitative estimate of drug-likeness (QED) is 0.855. The molecule has 0 saturated heterocycles. The Bertz CT molecular complexity index is 464. The lowest BCUT2D eigenvalue weighted by molar-refractivity contribution is -0.148. The standard InChI is InChI=1S/C16H25NO2/c1-10(2)12-8-7-11(3)13(9-12)14(17-6)16(4,5)15(18)19/h7-10,14,17H,1-6H3,(H,18,19). The molecule has 0 amide bonds. The molecule has 0 aliphatic rings. The molecule has 0 bridgehead atoms. The molecule has 106 valence electrons. The largest absolute Gasteiger partial charge is 0.481 e. The summed E-state index contributed by atoms with van der Waals surface area (Å²) in [4.78, 5) is 11.5. The Morgan fingerprint density at radius 1 is 1.32 bits per heavy atom. The van der Waals surface area contributed by atoms with Gasteiger partial charge in [-0.15, -0.1) is 0 Å². The van der Waals surface area contributed by atoms with Crippen LogP contribution in [0.25, 0.3) is 0 Å². The Balaban J connectivity index is 3.32. The lowest BCUT2D eigenvalue weighted by Crippen LogP contribution is -2.38. The van der Waals surface area contributed by atoms with Gasteiger partial charge in [0.25, 0.3) is 0 Å². The van der Waals surface area contributed by atoms with Gasteiger partial charge in [-0.25, -0.2) is 0 Å². The second-order valence-electron chi connectivity index (χ2n) is 6.02. The third-order valence-electron chi connectivity index (χ3n) is 3.84. The molecule has 19 heavy (non-hydrogen) atoms. The average molecular weight is 263 g/mol. The fourth-order valence-corrected chi connectivity index (χ4v) is 2.36. The van der Waals surface area contributed by atoms with Gasteiger partial charge in [0.05, 0.1) is 5.41 Å². The van der Waals surface area contributed by atoms with Gasteiger partial charge >= 0.3 is 5.97 Å². The Morgan fingerprint density at radius 2 is 1.89 bits per heavy atom. The molecule has 0 aliphatic carbocycles. The molecule has 0 aromatic heterocycles. The van der Waals surface area contributed by atoms with E-state index in [2.05, 4.69) is 37.4 Å². The van der Waals surface area contributed by atoms with Gasteiger partial charge in [0.1, 0.15) is 0 Å². The average Bonchev–Trinajstić information content (AvgIpc) is 2.31. The molecule has 1 atom stereocenters. The number of hydrogen-bond acceptors (Lipinski definition) is 2. The summed E-state index contributed by atoms with van der Waals surface area (Å²) in [5.41, 5.74) is 2.58. The maximum atomic E-state index is 11.5. The topological polar surface area (TPSA) is 49.3 Å². The molecule has 0 aliphatic heterocycles. The second kappa shape index (κ2) is 5.74. The summed E-state index contributed by atoms with van der Waals surface area (Å²) >= 11 is 0. The van der Waals surface area contributed by atoms with E-state index in [0.29, 0.717) is 5.92 Å². The number of nitrogens with one attached hydrogen (secondary N) is 1. The first-order valence-electron chi connectivity index (χ1n) is 6.73. The molecule has 0 heterocycles. The van der Waals surface area contributed by atoms with Crippen LogP contribution in [0.1, 0.15) is 56.3 Å². The Hall–Kier alpha value is -1.35. The Labute approximate surface area is 116 Å². The molecule has 0 fully saturated rings. The molecule has 0 spiro atoms. The van der Waals surface area contributed by atoms with E-state index in [9.17, 15) is 9.90 Å². The Kier molecular flexibility index (Phi) is 4.75. The van der Waals surface area contributed by atoms with Gasteiger partial charge in [0, 0.05) is 6.04 Å². The first-order chi connectivity index (χ1) is 8.71. The van der Waals surface area contributed by atoms with E-state index < -0.39 is 11.4 Å². The van der Waals surface area contributed by atoms with E-state index in [1.165, 1.54) is 5.56 Å². The Morgan fingerprint density at radius 3 is 2.32 bits per heavy atom. The van der Waals surface area contributed by atoms with Crippen molar-refractivity contribution in [2.45, 2.75) is 46.6 Å². The summed E-state index contributed by atoms with van der Waals surface area (Å²) in [6.45, 7) is 9.84. The van der Waals surface area contributed by atoms with Gasteiger partial charge < -0.3 is 10.4 Å². The van der Waals surface area contributed by atoms with Crippen LogP contribution in [0.3, 0.4) is 0 Å².